The fraction of sp³-hybridized carbons (Fsp3) is 0.455. The van der Waals surface area contributed by atoms with Crippen molar-refractivity contribution >= 4 is 11.4 Å². The molecule has 1 N–H and O–H groups in total. The molecular weight excluding hydrogens is 354 g/mol. The van der Waals surface area contributed by atoms with Gasteiger partial charge in [-0.05, 0) is 56.2 Å². The standard InChI is InChI=1S/C22H31N3O3/c1-6-18(7-2)28-22-14-17(8-13-21(22)24-23)25(4)16(3)15-27-20-11-9-19(26-5)10-12-20/h8-14,16,18,23H,6-7,15H2,1-5H3. The summed E-state index contributed by atoms with van der Waals surface area (Å²) in [4.78, 5) is 2.14. The normalized spacial score (nSPS) is 11.8. The Balaban J connectivity index is 2.06. The number of methoxy groups -OCH3 is 1. The Morgan fingerprint density at radius 1 is 1.04 bits per heavy atom. The monoisotopic (exact) mass is 385 g/mol. The van der Waals surface area contributed by atoms with Gasteiger partial charge in [-0.15, -0.1) is 0 Å². The summed E-state index contributed by atoms with van der Waals surface area (Å²) in [6.07, 6.45) is 1.96. The van der Waals surface area contributed by atoms with Gasteiger partial charge >= 0.3 is 0 Å². The Morgan fingerprint density at radius 2 is 1.68 bits per heavy atom. The minimum atomic E-state index is 0.122. The maximum Gasteiger partial charge on any atom is 0.149 e. The number of anilines is 1. The van der Waals surface area contributed by atoms with Gasteiger partial charge in [-0.3, -0.25) is 0 Å². The van der Waals surface area contributed by atoms with E-state index in [9.17, 15) is 0 Å². The second kappa shape index (κ2) is 10.5. The fourth-order valence-corrected chi connectivity index (χ4v) is 2.80. The van der Waals surface area contributed by atoms with Crippen LogP contribution in [0.4, 0.5) is 11.4 Å². The summed E-state index contributed by atoms with van der Waals surface area (Å²) < 4.78 is 17.1. The average molecular weight is 386 g/mol. The molecule has 0 radical (unpaired) electrons. The van der Waals surface area contributed by atoms with Gasteiger partial charge in [0.2, 0.25) is 0 Å². The van der Waals surface area contributed by atoms with Crippen molar-refractivity contribution < 1.29 is 14.2 Å². The van der Waals surface area contributed by atoms with Crippen molar-refractivity contribution in [2.45, 2.75) is 45.8 Å². The van der Waals surface area contributed by atoms with Crippen molar-refractivity contribution in [3.05, 3.63) is 42.5 Å². The Labute approximate surface area is 167 Å². The highest BCUT2D eigenvalue weighted by atomic mass is 16.5. The minimum absolute atomic E-state index is 0.122. The number of nitrogens with zero attached hydrogens (tertiary/aromatic N) is 2. The number of likely N-dealkylation sites (N-methyl/N-ethyl adjacent to an activating group) is 1. The summed E-state index contributed by atoms with van der Waals surface area (Å²) >= 11 is 0. The molecule has 2 aromatic rings. The van der Waals surface area contributed by atoms with E-state index in [-0.39, 0.29) is 12.1 Å². The third kappa shape index (κ3) is 5.62. The van der Waals surface area contributed by atoms with Gasteiger partial charge in [-0.25, -0.2) is 5.53 Å². The Bertz CT molecular complexity index is 745. The third-order valence-electron chi connectivity index (χ3n) is 4.89. The van der Waals surface area contributed by atoms with E-state index >= 15 is 0 Å². The molecular formula is C22H31N3O3. The molecule has 1 atom stereocenters. The average Bonchev–Trinajstić information content (AvgIpc) is 2.75. The fourth-order valence-electron chi connectivity index (χ4n) is 2.80. The van der Waals surface area contributed by atoms with Crippen LogP contribution < -0.4 is 19.1 Å². The molecule has 28 heavy (non-hydrogen) atoms. The lowest BCUT2D eigenvalue weighted by molar-refractivity contribution is 0.193. The first-order chi connectivity index (χ1) is 13.5. The molecule has 0 amide bonds. The molecule has 0 saturated heterocycles. The van der Waals surface area contributed by atoms with Crippen LogP contribution in [0.15, 0.2) is 47.6 Å². The minimum Gasteiger partial charge on any atom is -0.497 e. The first-order valence-electron chi connectivity index (χ1n) is 9.70. The number of nitrogens with one attached hydrogen (secondary N) is 1. The highest BCUT2D eigenvalue weighted by Gasteiger charge is 2.15. The molecule has 0 aliphatic carbocycles. The van der Waals surface area contributed by atoms with Gasteiger partial charge in [-0.1, -0.05) is 13.8 Å². The van der Waals surface area contributed by atoms with Crippen molar-refractivity contribution in [3.8, 4) is 17.2 Å². The molecule has 6 heteroatoms. The second-order valence-corrected chi connectivity index (χ2v) is 6.77. The summed E-state index contributed by atoms with van der Waals surface area (Å²) in [5.74, 6) is 2.26. The smallest absolute Gasteiger partial charge is 0.149 e. The molecule has 0 fully saturated rings. The van der Waals surface area contributed by atoms with Crippen LogP contribution in [-0.4, -0.2) is 32.9 Å². The largest absolute Gasteiger partial charge is 0.497 e. The van der Waals surface area contributed by atoms with Gasteiger partial charge < -0.3 is 19.1 Å². The van der Waals surface area contributed by atoms with E-state index in [1.165, 1.54) is 0 Å². The molecule has 6 nitrogen and oxygen atoms in total. The maximum absolute atomic E-state index is 7.40. The van der Waals surface area contributed by atoms with E-state index in [0.29, 0.717) is 18.0 Å². The van der Waals surface area contributed by atoms with Crippen LogP contribution in [0, 0.1) is 5.53 Å². The van der Waals surface area contributed by atoms with E-state index in [0.717, 1.165) is 30.0 Å². The Morgan fingerprint density at radius 3 is 2.25 bits per heavy atom. The lowest BCUT2D eigenvalue weighted by Crippen LogP contribution is -2.34. The van der Waals surface area contributed by atoms with Crippen LogP contribution in [0.5, 0.6) is 17.2 Å². The number of rotatable bonds is 11. The summed E-state index contributed by atoms with van der Waals surface area (Å²) in [6.45, 7) is 6.84. The molecule has 0 heterocycles. The van der Waals surface area contributed by atoms with E-state index in [2.05, 4.69) is 30.8 Å². The Hall–Kier alpha value is -2.76. The number of ether oxygens (including phenoxy) is 3. The molecule has 0 saturated carbocycles. The Kier molecular flexibility index (Phi) is 8.11. The zero-order valence-corrected chi connectivity index (χ0v) is 17.4. The van der Waals surface area contributed by atoms with Crippen LogP contribution in [0.2, 0.25) is 0 Å². The van der Waals surface area contributed by atoms with Gasteiger partial charge in [-0.2, -0.15) is 5.11 Å². The number of hydrogen-bond acceptors (Lipinski definition) is 6. The lowest BCUT2D eigenvalue weighted by Gasteiger charge is -2.28. The third-order valence-corrected chi connectivity index (χ3v) is 4.89. The highest BCUT2D eigenvalue weighted by Crippen LogP contribution is 2.34. The number of benzene rings is 2. The summed E-state index contributed by atoms with van der Waals surface area (Å²) in [7, 11) is 3.67. The quantitative estimate of drug-likeness (QED) is 0.494. The first kappa shape index (κ1) is 21.5. The second-order valence-electron chi connectivity index (χ2n) is 6.77. The molecule has 2 aromatic carbocycles. The van der Waals surface area contributed by atoms with Crippen LogP contribution in [0.25, 0.3) is 0 Å². The van der Waals surface area contributed by atoms with Gasteiger partial charge in [0.15, 0.2) is 0 Å². The van der Waals surface area contributed by atoms with Crippen LogP contribution in [0.3, 0.4) is 0 Å². The van der Waals surface area contributed by atoms with E-state index < -0.39 is 0 Å². The van der Waals surface area contributed by atoms with Crippen molar-refractivity contribution in [1.29, 1.82) is 5.53 Å². The molecule has 0 spiro atoms. The molecule has 2 rings (SSSR count). The predicted octanol–water partition coefficient (Wildman–Crippen LogP) is 5.83. The van der Waals surface area contributed by atoms with Crippen LogP contribution in [0.1, 0.15) is 33.6 Å². The number of hydrogen-bond donors (Lipinski definition) is 1. The van der Waals surface area contributed by atoms with Gasteiger partial charge in [0, 0.05) is 18.8 Å². The zero-order valence-electron chi connectivity index (χ0n) is 17.4. The van der Waals surface area contributed by atoms with E-state index in [1.807, 2.05) is 49.5 Å². The summed E-state index contributed by atoms with van der Waals surface area (Å²) in [6, 6.07) is 13.4. The first-order valence-corrected chi connectivity index (χ1v) is 9.70. The molecule has 1 unspecified atom stereocenters. The van der Waals surface area contributed by atoms with Crippen molar-refractivity contribution in [1.82, 2.24) is 0 Å². The summed E-state index contributed by atoms with van der Waals surface area (Å²) in [5, 5.41) is 3.60. The zero-order chi connectivity index (χ0) is 20.5. The lowest BCUT2D eigenvalue weighted by atomic mass is 10.2. The molecule has 0 aliphatic heterocycles. The molecule has 0 aromatic heterocycles. The van der Waals surface area contributed by atoms with E-state index in [4.69, 9.17) is 19.7 Å². The SMILES string of the molecule is CCC(CC)Oc1cc(N(C)C(C)COc2ccc(OC)cc2)ccc1N=N. The molecule has 152 valence electrons. The highest BCUT2D eigenvalue weighted by molar-refractivity contribution is 5.61. The molecule has 0 aliphatic rings. The van der Waals surface area contributed by atoms with Crippen molar-refractivity contribution in [2.24, 2.45) is 5.11 Å². The molecule has 0 bridgehead atoms. The maximum atomic E-state index is 7.40. The van der Waals surface area contributed by atoms with Crippen molar-refractivity contribution in [3.63, 3.8) is 0 Å². The topological polar surface area (TPSA) is 67.1 Å². The van der Waals surface area contributed by atoms with Gasteiger partial charge in [0.05, 0.1) is 19.3 Å². The van der Waals surface area contributed by atoms with E-state index in [1.54, 1.807) is 7.11 Å². The summed E-state index contributed by atoms with van der Waals surface area (Å²) in [5.41, 5.74) is 8.94. The van der Waals surface area contributed by atoms with Gasteiger partial charge in [0.1, 0.15) is 29.5 Å². The van der Waals surface area contributed by atoms with Crippen molar-refractivity contribution in [2.75, 3.05) is 25.7 Å². The predicted molar refractivity (Wildman–Crippen MR) is 113 cm³/mol. The van der Waals surface area contributed by atoms with Crippen LogP contribution in [-0.2, 0) is 0 Å². The van der Waals surface area contributed by atoms with Gasteiger partial charge in [0.25, 0.3) is 0 Å². The van der Waals surface area contributed by atoms with Crippen LogP contribution >= 0.6 is 0 Å².